The highest BCUT2D eigenvalue weighted by Crippen LogP contribution is 2.44. The van der Waals surface area contributed by atoms with Crippen molar-refractivity contribution < 1.29 is 9.47 Å². The molecule has 1 saturated heterocycles. The van der Waals surface area contributed by atoms with Gasteiger partial charge in [-0.1, -0.05) is 6.92 Å². The minimum absolute atomic E-state index is 0.408. The maximum atomic E-state index is 5.92. The Balaban J connectivity index is 1.97. The van der Waals surface area contributed by atoms with Crippen LogP contribution in [0.3, 0.4) is 0 Å². The standard InChI is InChI=1S/C20H33N3O2/c1-6-17-19-16(7-8-22(17)3)20(25-5)15(13-18(19)24-4)14-23-11-9-21(2)10-12-23/h13,17H,6-12,14H2,1-5H3. The first-order valence-corrected chi connectivity index (χ1v) is 9.46. The van der Waals surface area contributed by atoms with E-state index in [1.807, 2.05) is 7.11 Å². The van der Waals surface area contributed by atoms with Gasteiger partial charge in [0.25, 0.3) is 0 Å². The highest BCUT2D eigenvalue weighted by Gasteiger charge is 2.31. The predicted octanol–water partition coefficient (Wildman–Crippen LogP) is 2.39. The molecule has 1 aromatic rings. The molecule has 1 aromatic carbocycles. The minimum atomic E-state index is 0.408. The van der Waals surface area contributed by atoms with Crippen LogP contribution in [0.25, 0.3) is 0 Å². The van der Waals surface area contributed by atoms with Crippen LogP contribution in [0.5, 0.6) is 11.5 Å². The Bertz CT molecular complexity index is 597. The summed E-state index contributed by atoms with van der Waals surface area (Å²) in [5.41, 5.74) is 3.95. The summed E-state index contributed by atoms with van der Waals surface area (Å²) in [6.45, 7) is 8.75. The van der Waals surface area contributed by atoms with Gasteiger partial charge in [-0.3, -0.25) is 9.80 Å². The Morgan fingerprint density at radius 2 is 1.76 bits per heavy atom. The van der Waals surface area contributed by atoms with Crippen LogP contribution >= 0.6 is 0 Å². The Morgan fingerprint density at radius 1 is 1.04 bits per heavy atom. The molecule has 5 nitrogen and oxygen atoms in total. The molecule has 2 aliphatic rings. The molecule has 0 amide bonds. The van der Waals surface area contributed by atoms with Gasteiger partial charge in [0.05, 0.1) is 14.2 Å². The van der Waals surface area contributed by atoms with Gasteiger partial charge in [0.2, 0.25) is 0 Å². The van der Waals surface area contributed by atoms with Gasteiger partial charge in [0, 0.05) is 62.0 Å². The Kier molecular flexibility index (Phi) is 5.87. The lowest BCUT2D eigenvalue weighted by Crippen LogP contribution is -2.44. The van der Waals surface area contributed by atoms with E-state index >= 15 is 0 Å². The number of piperazine rings is 1. The number of fused-ring (bicyclic) bond motifs is 1. The van der Waals surface area contributed by atoms with Crippen LogP contribution in [-0.2, 0) is 13.0 Å². The Labute approximate surface area is 152 Å². The molecule has 0 radical (unpaired) electrons. The van der Waals surface area contributed by atoms with E-state index in [-0.39, 0.29) is 0 Å². The van der Waals surface area contributed by atoms with Crippen LogP contribution in [0, 0.1) is 0 Å². The van der Waals surface area contributed by atoms with Crippen molar-refractivity contribution in [2.45, 2.75) is 32.4 Å². The van der Waals surface area contributed by atoms with E-state index in [4.69, 9.17) is 9.47 Å². The fourth-order valence-electron chi connectivity index (χ4n) is 4.35. The topological polar surface area (TPSA) is 28.2 Å². The van der Waals surface area contributed by atoms with Gasteiger partial charge < -0.3 is 14.4 Å². The molecule has 0 aliphatic carbocycles. The first-order valence-electron chi connectivity index (χ1n) is 9.46. The van der Waals surface area contributed by atoms with Gasteiger partial charge in [0.15, 0.2) is 0 Å². The summed E-state index contributed by atoms with van der Waals surface area (Å²) in [4.78, 5) is 7.35. The van der Waals surface area contributed by atoms with Crippen LogP contribution in [0.1, 0.15) is 36.1 Å². The smallest absolute Gasteiger partial charge is 0.127 e. The number of hydrogen-bond donors (Lipinski definition) is 0. The highest BCUT2D eigenvalue weighted by molar-refractivity contribution is 5.56. The molecule has 5 heteroatoms. The summed E-state index contributed by atoms with van der Waals surface area (Å²) in [6.07, 6.45) is 2.11. The summed E-state index contributed by atoms with van der Waals surface area (Å²) < 4.78 is 11.8. The molecule has 0 bridgehead atoms. The van der Waals surface area contributed by atoms with Gasteiger partial charge in [0.1, 0.15) is 11.5 Å². The maximum absolute atomic E-state index is 5.92. The second-order valence-electron chi connectivity index (χ2n) is 7.40. The molecule has 0 aromatic heterocycles. The maximum Gasteiger partial charge on any atom is 0.127 e. The van der Waals surface area contributed by atoms with Crippen LogP contribution in [0.2, 0.25) is 0 Å². The average Bonchev–Trinajstić information content (AvgIpc) is 2.63. The molecule has 3 rings (SSSR count). The number of benzene rings is 1. The normalized spacial score (nSPS) is 22.7. The van der Waals surface area contributed by atoms with E-state index in [1.165, 1.54) is 16.7 Å². The molecule has 0 spiro atoms. The van der Waals surface area contributed by atoms with Gasteiger partial charge in [-0.25, -0.2) is 0 Å². The third-order valence-corrected chi connectivity index (χ3v) is 5.84. The summed E-state index contributed by atoms with van der Waals surface area (Å²) in [7, 11) is 8.01. The molecule has 1 unspecified atom stereocenters. The zero-order chi connectivity index (χ0) is 18.0. The van der Waals surface area contributed by atoms with Gasteiger partial charge in [-0.2, -0.15) is 0 Å². The Morgan fingerprint density at radius 3 is 2.36 bits per heavy atom. The number of likely N-dealkylation sites (N-methyl/N-ethyl adjacent to an activating group) is 2. The summed E-state index contributed by atoms with van der Waals surface area (Å²) in [5.74, 6) is 2.11. The number of hydrogen-bond acceptors (Lipinski definition) is 5. The first-order chi connectivity index (χ1) is 12.1. The van der Waals surface area contributed by atoms with Crippen molar-refractivity contribution in [2.24, 2.45) is 0 Å². The van der Waals surface area contributed by atoms with Crippen molar-refractivity contribution in [3.63, 3.8) is 0 Å². The lowest BCUT2D eigenvalue weighted by atomic mass is 9.88. The average molecular weight is 348 g/mol. The zero-order valence-corrected chi connectivity index (χ0v) is 16.5. The quantitative estimate of drug-likeness (QED) is 0.816. The van der Waals surface area contributed by atoms with E-state index in [1.54, 1.807) is 7.11 Å². The molecule has 140 valence electrons. The van der Waals surface area contributed by atoms with Gasteiger partial charge >= 0.3 is 0 Å². The summed E-state index contributed by atoms with van der Waals surface area (Å²) >= 11 is 0. The van der Waals surface area contributed by atoms with E-state index in [0.29, 0.717) is 6.04 Å². The summed E-state index contributed by atoms with van der Waals surface area (Å²) in [5, 5.41) is 0. The molecule has 1 fully saturated rings. The van der Waals surface area contributed by atoms with Crippen LogP contribution in [0.4, 0.5) is 0 Å². The van der Waals surface area contributed by atoms with Crippen molar-refractivity contribution in [3.05, 3.63) is 22.8 Å². The number of rotatable bonds is 5. The third kappa shape index (κ3) is 3.64. The first kappa shape index (κ1) is 18.5. The van der Waals surface area contributed by atoms with Gasteiger partial charge in [-0.05, 0) is 33.0 Å². The SMILES string of the molecule is CCC1c2c(OC)cc(CN3CCN(C)CC3)c(OC)c2CCN1C. The van der Waals surface area contributed by atoms with E-state index < -0.39 is 0 Å². The van der Waals surface area contributed by atoms with Crippen molar-refractivity contribution in [3.8, 4) is 11.5 Å². The van der Waals surface area contributed by atoms with E-state index in [2.05, 4.69) is 41.8 Å². The van der Waals surface area contributed by atoms with Crippen LogP contribution < -0.4 is 9.47 Å². The minimum Gasteiger partial charge on any atom is -0.496 e. The molecule has 1 atom stereocenters. The molecule has 2 heterocycles. The zero-order valence-electron chi connectivity index (χ0n) is 16.5. The second kappa shape index (κ2) is 7.94. The van der Waals surface area contributed by atoms with Crippen molar-refractivity contribution in [1.82, 2.24) is 14.7 Å². The molecule has 0 N–H and O–H groups in total. The predicted molar refractivity (Wildman–Crippen MR) is 102 cm³/mol. The number of methoxy groups -OCH3 is 2. The fourth-order valence-corrected chi connectivity index (χ4v) is 4.35. The third-order valence-electron chi connectivity index (χ3n) is 5.84. The molecule has 2 aliphatic heterocycles. The lowest BCUT2D eigenvalue weighted by molar-refractivity contribution is 0.146. The number of nitrogens with zero attached hydrogens (tertiary/aromatic N) is 3. The molecule has 25 heavy (non-hydrogen) atoms. The Hall–Kier alpha value is -1.30. The second-order valence-corrected chi connectivity index (χ2v) is 7.40. The van der Waals surface area contributed by atoms with Crippen molar-refractivity contribution in [2.75, 3.05) is 61.0 Å². The lowest BCUT2D eigenvalue weighted by Gasteiger charge is -2.37. The van der Waals surface area contributed by atoms with Crippen LogP contribution in [-0.4, -0.2) is 75.7 Å². The summed E-state index contributed by atoms with van der Waals surface area (Å²) in [6, 6.07) is 2.63. The van der Waals surface area contributed by atoms with E-state index in [9.17, 15) is 0 Å². The van der Waals surface area contributed by atoms with E-state index in [0.717, 1.165) is 63.6 Å². The van der Waals surface area contributed by atoms with Crippen molar-refractivity contribution in [1.29, 1.82) is 0 Å². The molecular formula is C20H33N3O2. The monoisotopic (exact) mass is 347 g/mol. The highest BCUT2D eigenvalue weighted by atomic mass is 16.5. The molecule has 0 saturated carbocycles. The molecular weight excluding hydrogens is 314 g/mol. The number of ether oxygens (including phenoxy) is 2. The fraction of sp³-hybridized carbons (Fsp3) is 0.700. The van der Waals surface area contributed by atoms with Crippen molar-refractivity contribution >= 4 is 0 Å². The van der Waals surface area contributed by atoms with Crippen LogP contribution in [0.15, 0.2) is 6.07 Å². The largest absolute Gasteiger partial charge is 0.496 e. The van der Waals surface area contributed by atoms with Gasteiger partial charge in [-0.15, -0.1) is 0 Å².